The number of hydrogen-bond acceptors (Lipinski definition) is 5. The van der Waals surface area contributed by atoms with Crippen LogP contribution < -0.4 is 15.6 Å². The average molecular weight is 498 g/mol. The Kier molecular flexibility index (Phi) is 6.53. The molecule has 0 bridgehead atoms. The number of carbonyl (C=O) groups excluding carboxylic acids is 2. The topological polar surface area (TPSA) is 122 Å². The van der Waals surface area contributed by atoms with Crippen LogP contribution >= 0.6 is 11.6 Å². The number of nitrogens with one attached hydrogen (secondary N) is 3. The number of carbonyl (C=O) groups is 2. The van der Waals surface area contributed by atoms with Crippen LogP contribution in [0, 0.1) is 0 Å². The number of sulfonamides is 1. The standard InChI is InChI=1S/C23H20ClN5O4S/c1-15(29-14-25-20-11-4-5-12-21(20)29)22(30)26-27-23(31)16-7-6-8-17(13-16)34(32,33)28-19-10-3-2-9-18(19)24/h2-15,28H,1H3,(H,26,30)(H,27,31). The zero-order chi connectivity index (χ0) is 24.3. The number of hydrogen-bond donors (Lipinski definition) is 3. The van der Waals surface area contributed by atoms with Crippen LogP contribution in [-0.4, -0.2) is 29.8 Å². The average Bonchev–Trinajstić information content (AvgIpc) is 3.27. The van der Waals surface area contributed by atoms with Crippen molar-refractivity contribution in [2.24, 2.45) is 0 Å². The highest BCUT2D eigenvalue weighted by molar-refractivity contribution is 7.92. The van der Waals surface area contributed by atoms with Gasteiger partial charge in [-0.05, 0) is 49.4 Å². The highest BCUT2D eigenvalue weighted by Crippen LogP contribution is 2.24. The van der Waals surface area contributed by atoms with Crippen molar-refractivity contribution in [3.05, 3.63) is 89.7 Å². The van der Waals surface area contributed by atoms with Crippen molar-refractivity contribution in [3.8, 4) is 0 Å². The molecule has 0 saturated heterocycles. The molecule has 0 aliphatic heterocycles. The number of aromatic nitrogens is 2. The van der Waals surface area contributed by atoms with Crippen molar-refractivity contribution in [1.82, 2.24) is 20.4 Å². The first-order valence-electron chi connectivity index (χ1n) is 10.2. The van der Waals surface area contributed by atoms with Crippen LogP contribution in [0.4, 0.5) is 5.69 Å². The summed E-state index contributed by atoms with van der Waals surface area (Å²) in [6.07, 6.45) is 1.55. The number of benzene rings is 3. The third-order valence-corrected chi connectivity index (χ3v) is 6.79. The Morgan fingerprint density at radius 1 is 0.971 bits per heavy atom. The molecule has 11 heteroatoms. The summed E-state index contributed by atoms with van der Waals surface area (Å²) in [5.74, 6) is -1.15. The van der Waals surface area contributed by atoms with E-state index in [1.54, 1.807) is 36.0 Å². The van der Waals surface area contributed by atoms with Gasteiger partial charge in [-0.2, -0.15) is 0 Å². The monoisotopic (exact) mass is 497 g/mol. The number of fused-ring (bicyclic) bond motifs is 1. The maximum absolute atomic E-state index is 12.7. The molecule has 0 aliphatic rings. The largest absolute Gasteiger partial charge is 0.318 e. The van der Waals surface area contributed by atoms with E-state index < -0.39 is 27.9 Å². The van der Waals surface area contributed by atoms with Crippen LogP contribution in [0.25, 0.3) is 11.0 Å². The lowest BCUT2D eigenvalue weighted by atomic mass is 10.2. The van der Waals surface area contributed by atoms with E-state index in [4.69, 9.17) is 11.6 Å². The number of halogens is 1. The number of imidazole rings is 1. The van der Waals surface area contributed by atoms with E-state index in [-0.39, 0.29) is 21.2 Å². The second-order valence-electron chi connectivity index (χ2n) is 7.37. The van der Waals surface area contributed by atoms with Gasteiger partial charge in [0.15, 0.2) is 0 Å². The van der Waals surface area contributed by atoms with E-state index in [0.29, 0.717) is 0 Å². The smallest absolute Gasteiger partial charge is 0.269 e. The molecule has 1 aromatic heterocycles. The molecule has 3 N–H and O–H groups in total. The minimum Gasteiger partial charge on any atom is -0.318 e. The quantitative estimate of drug-likeness (QED) is 0.352. The number of nitrogens with zero attached hydrogens (tertiary/aromatic N) is 2. The fourth-order valence-corrected chi connectivity index (χ4v) is 4.62. The maximum Gasteiger partial charge on any atom is 0.269 e. The highest BCUT2D eigenvalue weighted by atomic mass is 35.5. The summed E-state index contributed by atoms with van der Waals surface area (Å²) >= 11 is 6.03. The van der Waals surface area contributed by atoms with Gasteiger partial charge in [0, 0.05) is 5.56 Å². The van der Waals surface area contributed by atoms with Crippen molar-refractivity contribution in [2.75, 3.05) is 4.72 Å². The first kappa shape index (κ1) is 23.3. The van der Waals surface area contributed by atoms with Crippen molar-refractivity contribution < 1.29 is 18.0 Å². The van der Waals surface area contributed by atoms with Crippen molar-refractivity contribution in [3.63, 3.8) is 0 Å². The van der Waals surface area contributed by atoms with Crippen molar-refractivity contribution >= 4 is 50.2 Å². The lowest BCUT2D eigenvalue weighted by Gasteiger charge is -2.15. The Balaban J connectivity index is 1.44. The van der Waals surface area contributed by atoms with Crippen LogP contribution in [-0.2, 0) is 14.8 Å². The first-order chi connectivity index (χ1) is 16.3. The van der Waals surface area contributed by atoms with Gasteiger partial charge in [0.2, 0.25) is 0 Å². The number of rotatable bonds is 6. The molecule has 4 rings (SSSR count). The third kappa shape index (κ3) is 4.87. The van der Waals surface area contributed by atoms with Gasteiger partial charge in [-0.3, -0.25) is 25.2 Å². The predicted molar refractivity (Wildman–Crippen MR) is 129 cm³/mol. The van der Waals surface area contributed by atoms with Gasteiger partial charge in [-0.25, -0.2) is 13.4 Å². The Morgan fingerprint density at radius 2 is 1.71 bits per heavy atom. The molecule has 9 nitrogen and oxygen atoms in total. The predicted octanol–water partition coefficient (Wildman–Crippen LogP) is 3.51. The molecule has 2 amide bonds. The van der Waals surface area contributed by atoms with Gasteiger partial charge in [0.05, 0.1) is 33.0 Å². The van der Waals surface area contributed by atoms with Gasteiger partial charge in [0.1, 0.15) is 6.04 Å². The van der Waals surface area contributed by atoms with Crippen LogP contribution in [0.5, 0.6) is 0 Å². The summed E-state index contributed by atoms with van der Waals surface area (Å²) in [6.45, 7) is 1.67. The number of anilines is 1. The molecule has 0 fully saturated rings. The summed E-state index contributed by atoms with van der Waals surface area (Å²) in [7, 11) is -4.00. The molecule has 0 spiro atoms. The molecular formula is C23H20ClN5O4S. The number of para-hydroxylation sites is 3. The van der Waals surface area contributed by atoms with E-state index in [9.17, 15) is 18.0 Å². The van der Waals surface area contributed by atoms with Gasteiger partial charge in [-0.15, -0.1) is 0 Å². The molecule has 0 aliphatic carbocycles. The zero-order valence-electron chi connectivity index (χ0n) is 17.9. The van der Waals surface area contributed by atoms with Gasteiger partial charge < -0.3 is 4.57 Å². The second kappa shape index (κ2) is 9.54. The fraction of sp³-hybridized carbons (Fsp3) is 0.0870. The molecule has 1 heterocycles. The van der Waals surface area contributed by atoms with E-state index in [1.807, 2.05) is 24.3 Å². The highest BCUT2D eigenvalue weighted by Gasteiger charge is 2.20. The molecule has 4 aromatic rings. The Hall–Kier alpha value is -3.89. The van der Waals surface area contributed by atoms with Crippen LogP contribution in [0.3, 0.4) is 0 Å². The van der Waals surface area contributed by atoms with Gasteiger partial charge >= 0.3 is 0 Å². The molecular weight excluding hydrogens is 478 g/mol. The SMILES string of the molecule is CC(C(=O)NNC(=O)c1cccc(S(=O)(=O)Nc2ccccc2Cl)c1)n1cnc2ccccc21. The maximum atomic E-state index is 12.7. The Bertz CT molecular complexity index is 1490. The molecule has 174 valence electrons. The van der Waals surface area contributed by atoms with E-state index in [2.05, 4.69) is 20.6 Å². The minimum atomic E-state index is -4.00. The van der Waals surface area contributed by atoms with Gasteiger partial charge in [0.25, 0.3) is 21.8 Å². The zero-order valence-corrected chi connectivity index (χ0v) is 19.5. The molecule has 1 unspecified atom stereocenters. The molecule has 0 saturated carbocycles. The Labute approximate surface area is 200 Å². The molecule has 3 aromatic carbocycles. The normalized spacial score (nSPS) is 12.2. The second-order valence-corrected chi connectivity index (χ2v) is 9.46. The fourth-order valence-electron chi connectivity index (χ4n) is 3.26. The van der Waals surface area contributed by atoms with Crippen LogP contribution in [0.15, 0.2) is 84.0 Å². The van der Waals surface area contributed by atoms with Crippen molar-refractivity contribution in [1.29, 1.82) is 0 Å². The summed E-state index contributed by atoms with van der Waals surface area (Å²) in [5, 5.41) is 0.238. The van der Waals surface area contributed by atoms with Crippen LogP contribution in [0.2, 0.25) is 5.02 Å². The van der Waals surface area contributed by atoms with Crippen LogP contribution in [0.1, 0.15) is 23.3 Å². The lowest BCUT2D eigenvalue weighted by molar-refractivity contribution is -0.124. The molecule has 1 atom stereocenters. The lowest BCUT2D eigenvalue weighted by Crippen LogP contribution is -2.44. The molecule has 0 radical (unpaired) electrons. The molecule has 34 heavy (non-hydrogen) atoms. The minimum absolute atomic E-state index is 0.0445. The number of hydrazine groups is 1. The van der Waals surface area contributed by atoms with Gasteiger partial charge in [-0.1, -0.05) is 41.9 Å². The van der Waals surface area contributed by atoms with E-state index >= 15 is 0 Å². The summed E-state index contributed by atoms with van der Waals surface area (Å²) < 4.78 is 29.6. The van der Waals surface area contributed by atoms with E-state index in [1.165, 1.54) is 30.3 Å². The summed E-state index contributed by atoms with van der Waals surface area (Å²) in [6, 6.07) is 18.5. The Morgan fingerprint density at radius 3 is 2.50 bits per heavy atom. The number of amides is 2. The third-order valence-electron chi connectivity index (χ3n) is 5.10. The van der Waals surface area contributed by atoms with Crippen molar-refractivity contribution in [2.45, 2.75) is 17.9 Å². The van der Waals surface area contributed by atoms with E-state index in [0.717, 1.165) is 11.0 Å². The summed E-state index contributed by atoms with van der Waals surface area (Å²) in [4.78, 5) is 29.3. The summed E-state index contributed by atoms with van der Waals surface area (Å²) in [5.41, 5.74) is 6.47. The first-order valence-corrected chi connectivity index (χ1v) is 12.0.